The summed E-state index contributed by atoms with van der Waals surface area (Å²) >= 11 is 0. The molecule has 17 heavy (non-hydrogen) atoms. The number of anilines is 1. The van der Waals surface area contributed by atoms with Gasteiger partial charge in [0.1, 0.15) is 0 Å². The highest BCUT2D eigenvalue weighted by Crippen LogP contribution is 2.15. The van der Waals surface area contributed by atoms with Crippen LogP contribution in [0.5, 0.6) is 0 Å². The third-order valence-electron chi connectivity index (χ3n) is 2.23. The number of nitrogens with zero attached hydrogens (tertiary/aromatic N) is 1. The first kappa shape index (κ1) is 15.6. The summed E-state index contributed by atoms with van der Waals surface area (Å²) in [4.78, 5) is 12.9. The first-order chi connectivity index (χ1) is 7.69. The Hall–Kier alpha value is -1.39. The van der Waals surface area contributed by atoms with Gasteiger partial charge in [-0.25, -0.2) is 4.39 Å². The van der Waals surface area contributed by atoms with Crippen LogP contribution in [0.3, 0.4) is 0 Å². The highest BCUT2D eigenvalue weighted by Gasteiger charge is 2.12. The van der Waals surface area contributed by atoms with E-state index in [1.807, 2.05) is 18.2 Å². The second-order valence-corrected chi connectivity index (χ2v) is 3.41. The predicted molar refractivity (Wildman–Crippen MR) is 70.0 cm³/mol. The average Bonchev–Trinajstić information content (AvgIpc) is 2.31. The molecule has 0 aromatic heterocycles. The van der Waals surface area contributed by atoms with E-state index in [0.29, 0.717) is 11.9 Å². The van der Waals surface area contributed by atoms with E-state index in [1.54, 1.807) is 12.1 Å². The summed E-state index contributed by atoms with van der Waals surface area (Å²) in [5, 5.41) is 0. The quantitative estimate of drug-likeness (QED) is 0.901. The molecule has 3 nitrogen and oxygen atoms in total. The van der Waals surface area contributed by atoms with Crippen LogP contribution in [0.1, 0.15) is 6.92 Å². The zero-order chi connectivity index (χ0) is 12.0. The lowest BCUT2D eigenvalue weighted by atomic mass is 10.2. The number of carbonyl (C=O) groups is 1. The molecular weight excluding hydrogens is 243 g/mol. The van der Waals surface area contributed by atoms with E-state index in [4.69, 9.17) is 5.73 Å². The molecule has 0 radical (unpaired) electrons. The minimum atomic E-state index is -0.140. The van der Waals surface area contributed by atoms with E-state index in [1.165, 1.54) is 11.8 Å². The SMILES string of the molecule is CC(=O)N(CC(=CF)CN)c1ccccc1.Cl. The molecule has 0 aliphatic carbocycles. The van der Waals surface area contributed by atoms with Gasteiger partial charge in [0, 0.05) is 19.2 Å². The summed E-state index contributed by atoms with van der Waals surface area (Å²) in [6, 6.07) is 9.11. The molecule has 0 fully saturated rings. The fourth-order valence-corrected chi connectivity index (χ4v) is 1.34. The molecular formula is C12H16ClFN2O. The van der Waals surface area contributed by atoms with Crippen LogP contribution < -0.4 is 10.6 Å². The molecule has 1 amide bonds. The first-order valence-corrected chi connectivity index (χ1v) is 5.00. The maximum absolute atomic E-state index is 12.4. The molecule has 94 valence electrons. The Morgan fingerprint density at radius 1 is 1.41 bits per heavy atom. The Bertz CT molecular complexity index is 381. The zero-order valence-corrected chi connectivity index (χ0v) is 10.4. The summed E-state index contributed by atoms with van der Waals surface area (Å²) in [6.45, 7) is 1.73. The van der Waals surface area contributed by atoms with Crippen LogP contribution in [0.4, 0.5) is 10.1 Å². The van der Waals surface area contributed by atoms with Crippen LogP contribution in [-0.4, -0.2) is 19.0 Å². The highest BCUT2D eigenvalue weighted by molar-refractivity contribution is 5.91. The fourth-order valence-electron chi connectivity index (χ4n) is 1.34. The van der Waals surface area contributed by atoms with Crippen LogP contribution >= 0.6 is 12.4 Å². The maximum Gasteiger partial charge on any atom is 0.224 e. The number of halogens is 2. The number of hydrogen-bond donors (Lipinski definition) is 1. The zero-order valence-electron chi connectivity index (χ0n) is 9.60. The molecule has 0 atom stereocenters. The van der Waals surface area contributed by atoms with E-state index in [9.17, 15) is 9.18 Å². The van der Waals surface area contributed by atoms with Gasteiger partial charge in [0.05, 0.1) is 12.9 Å². The van der Waals surface area contributed by atoms with Crippen molar-refractivity contribution < 1.29 is 9.18 Å². The monoisotopic (exact) mass is 258 g/mol. The minimum absolute atomic E-state index is 0. The summed E-state index contributed by atoms with van der Waals surface area (Å²) in [5.74, 6) is -0.140. The van der Waals surface area contributed by atoms with Crippen LogP contribution in [0.25, 0.3) is 0 Å². The molecule has 5 heteroatoms. The molecule has 0 spiro atoms. The van der Waals surface area contributed by atoms with Gasteiger partial charge in [-0.3, -0.25) is 4.79 Å². The summed E-state index contributed by atoms with van der Waals surface area (Å²) < 4.78 is 12.4. The van der Waals surface area contributed by atoms with E-state index in [2.05, 4.69) is 0 Å². The number of benzene rings is 1. The largest absolute Gasteiger partial charge is 0.327 e. The molecule has 0 saturated heterocycles. The van der Waals surface area contributed by atoms with Gasteiger partial charge < -0.3 is 10.6 Å². The number of amides is 1. The maximum atomic E-state index is 12.4. The van der Waals surface area contributed by atoms with Crippen LogP contribution in [0.15, 0.2) is 42.2 Å². The summed E-state index contributed by atoms with van der Waals surface area (Å²) in [7, 11) is 0. The van der Waals surface area contributed by atoms with Crippen molar-refractivity contribution in [2.24, 2.45) is 5.73 Å². The molecule has 2 N–H and O–H groups in total. The smallest absolute Gasteiger partial charge is 0.224 e. The Morgan fingerprint density at radius 2 is 2.00 bits per heavy atom. The molecule has 0 heterocycles. The Balaban J connectivity index is 0.00000256. The van der Waals surface area contributed by atoms with Gasteiger partial charge in [0.15, 0.2) is 0 Å². The predicted octanol–water partition coefficient (Wildman–Crippen LogP) is 2.27. The summed E-state index contributed by atoms with van der Waals surface area (Å²) in [6.07, 6.45) is 0.457. The molecule has 0 unspecified atom stereocenters. The lowest BCUT2D eigenvalue weighted by Gasteiger charge is -2.21. The number of hydrogen-bond acceptors (Lipinski definition) is 2. The average molecular weight is 259 g/mol. The Labute approximate surface area is 107 Å². The van der Waals surface area contributed by atoms with Gasteiger partial charge in [0.2, 0.25) is 5.91 Å². The van der Waals surface area contributed by atoms with Crippen molar-refractivity contribution in [1.29, 1.82) is 0 Å². The topological polar surface area (TPSA) is 46.3 Å². The molecule has 0 bridgehead atoms. The van der Waals surface area contributed by atoms with Gasteiger partial charge in [-0.1, -0.05) is 18.2 Å². The number of nitrogens with two attached hydrogens (primary N) is 1. The van der Waals surface area contributed by atoms with Crippen molar-refractivity contribution in [2.45, 2.75) is 6.92 Å². The van der Waals surface area contributed by atoms with E-state index in [-0.39, 0.29) is 31.4 Å². The van der Waals surface area contributed by atoms with E-state index < -0.39 is 0 Å². The molecule has 1 rings (SSSR count). The van der Waals surface area contributed by atoms with Gasteiger partial charge in [-0.2, -0.15) is 0 Å². The van der Waals surface area contributed by atoms with Crippen molar-refractivity contribution >= 4 is 24.0 Å². The number of para-hydroxylation sites is 1. The second-order valence-electron chi connectivity index (χ2n) is 3.41. The molecule has 0 aliphatic heterocycles. The van der Waals surface area contributed by atoms with Crippen LogP contribution in [-0.2, 0) is 4.79 Å². The van der Waals surface area contributed by atoms with Crippen molar-refractivity contribution in [3.8, 4) is 0 Å². The molecule has 0 aliphatic rings. The third kappa shape index (κ3) is 4.54. The second kappa shape index (κ2) is 7.81. The standard InChI is InChI=1S/C12H15FN2O.ClH/c1-10(16)15(9-11(7-13)8-14)12-5-3-2-4-6-12;/h2-7H,8-9,14H2,1H3;1H. The van der Waals surface area contributed by atoms with E-state index in [0.717, 1.165) is 5.69 Å². The first-order valence-electron chi connectivity index (χ1n) is 5.00. The highest BCUT2D eigenvalue weighted by atomic mass is 35.5. The molecule has 1 aromatic carbocycles. The van der Waals surface area contributed by atoms with Gasteiger partial charge >= 0.3 is 0 Å². The van der Waals surface area contributed by atoms with E-state index >= 15 is 0 Å². The third-order valence-corrected chi connectivity index (χ3v) is 2.23. The fraction of sp³-hybridized carbons (Fsp3) is 0.250. The van der Waals surface area contributed by atoms with Gasteiger partial charge in [-0.05, 0) is 17.7 Å². The van der Waals surface area contributed by atoms with Gasteiger partial charge in [0.25, 0.3) is 0 Å². The number of carbonyl (C=O) groups excluding carboxylic acids is 1. The van der Waals surface area contributed by atoms with Gasteiger partial charge in [-0.15, -0.1) is 12.4 Å². The minimum Gasteiger partial charge on any atom is -0.327 e. The normalized spacial score (nSPS) is 10.6. The van der Waals surface area contributed by atoms with Crippen molar-refractivity contribution in [2.75, 3.05) is 18.0 Å². The number of rotatable bonds is 4. The van der Waals surface area contributed by atoms with Crippen molar-refractivity contribution in [1.82, 2.24) is 0 Å². The molecule has 0 saturated carbocycles. The summed E-state index contributed by atoms with van der Waals surface area (Å²) in [5.41, 5.74) is 6.49. The van der Waals surface area contributed by atoms with Crippen LogP contribution in [0.2, 0.25) is 0 Å². The molecule has 1 aromatic rings. The Morgan fingerprint density at radius 3 is 2.41 bits per heavy atom. The van der Waals surface area contributed by atoms with Crippen molar-refractivity contribution in [3.63, 3.8) is 0 Å². The lowest BCUT2D eigenvalue weighted by molar-refractivity contribution is -0.116. The van der Waals surface area contributed by atoms with Crippen molar-refractivity contribution in [3.05, 3.63) is 42.2 Å². The van der Waals surface area contributed by atoms with Crippen LogP contribution in [0, 0.1) is 0 Å². The lowest BCUT2D eigenvalue weighted by Crippen LogP contribution is -2.32. The Kier molecular flexibility index (Phi) is 7.18.